The van der Waals surface area contributed by atoms with Crippen LogP contribution in [0, 0.1) is 0 Å². The van der Waals surface area contributed by atoms with Gasteiger partial charge in [-0.1, -0.05) is 46.9 Å². The van der Waals surface area contributed by atoms with Gasteiger partial charge in [0.25, 0.3) is 0 Å². The minimum absolute atomic E-state index is 0.387. The van der Waals surface area contributed by atoms with E-state index >= 15 is 0 Å². The van der Waals surface area contributed by atoms with Crippen molar-refractivity contribution in [2.24, 2.45) is 0 Å². The molecule has 0 unspecified atom stereocenters. The molecule has 0 radical (unpaired) electrons. The first-order valence-corrected chi connectivity index (χ1v) is 6.10. The van der Waals surface area contributed by atoms with E-state index in [1.54, 1.807) is 12.1 Å². The molecule has 0 aliphatic carbocycles. The van der Waals surface area contributed by atoms with Crippen molar-refractivity contribution in [2.45, 2.75) is 4.90 Å². The molecule has 2 aromatic carbocycles. The second-order valence-corrected chi connectivity index (χ2v) is 5.01. The van der Waals surface area contributed by atoms with Crippen LogP contribution in [0.5, 0.6) is 0 Å². The normalized spacial score (nSPS) is 10.5. The third-order valence-corrected chi connectivity index (χ3v) is 3.68. The topological polar surface area (TPSA) is 0 Å². The van der Waals surface area contributed by atoms with Gasteiger partial charge >= 0.3 is 0 Å². The van der Waals surface area contributed by atoms with Crippen LogP contribution in [0.2, 0.25) is 15.1 Å². The molecule has 0 atom stereocenters. The molecular weight excluding hydrogens is 283 g/mol. The Labute approximate surface area is 115 Å². The van der Waals surface area contributed by atoms with Gasteiger partial charge in [0.1, 0.15) is 0 Å². The number of benzene rings is 2. The van der Waals surface area contributed by atoms with E-state index in [-0.39, 0.29) is 0 Å². The van der Waals surface area contributed by atoms with E-state index in [1.807, 2.05) is 24.3 Å². The van der Waals surface area contributed by atoms with Gasteiger partial charge in [-0.15, -0.1) is 12.6 Å². The van der Waals surface area contributed by atoms with Gasteiger partial charge in [0.15, 0.2) is 0 Å². The molecule has 0 bridgehead atoms. The molecule has 0 saturated heterocycles. The molecule has 0 fully saturated rings. The summed E-state index contributed by atoms with van der Waals surface area (Å²) in [4.78, 5) is 0.912. The summed E-state index contributed by atoms with van der Waals surface area (Å²) in [5, 5.41) is 1.30. The smallest absolute Gasteiger partial charge is 0.0778 e. The van der Waals surface area contributed by atoms with Crippen molar-refractivity contribution in [2.75, 3.05) is 0 Å². The molecular formula is C12H7Cl3S. The number of hydrogen-bond donors (Lipinski definition) is 1. The van der Waals surface area contributed by atoms with Crippen molar-refractivity contribution in [3.63, 3.8) is 0 Å². The monoisotopic (exact) mass is 288 g/mol. The molecule has 2 rings (SSSR count). The Bertz CT molecular complexity index is 497. The lowest BCUT2D eigenvalue weighted by Crippen LogP contribution is -1.80. The van der Waals surface area contributed by atoms with Crippen molar-refractivity contribution >= 4 is 47.4 Å². The number of thiol groups is 1. The first kappa shape index (κ1) is 12.1. The van der Waals surface area contributed by atoms with Crippen LogP contribution in [0.15, 0.2) is 41.3 Å². The summed E-state index contributed by atoms with van der Waals surface area (Å²) in [5.74, 6) is 0. The van der Waals surface area contributed by atoms with Crippen molar-refractivity contribution in [3.8, 4) is 11.1 Å². The van der Waals surface area contributed by atoms with Gasteiger partial charge in [-0.25, -0.2) is 0 Å². The lowest BCUT2D eigenvalue weighted by atomic mass is 10.1. The Morgan fingerprint density at radius 1 is 0.750 bits per heavy atom. The van der Waals surface area contributed by atoms with Crippen LogP contribution in [-0.4, -0.2) is 0 Å². The van der Waals surface area contributed by atoms with E-state index in [0.717, 1.165) is 16.0 Å². The van der Waals surface area contributed by atoms with Gasteiger partial charge in [-0.05, 0) is 35.4 Å². The molecule has 0 aliphatic heterocycles. The highest BCUT2D eigenvalue weighted by Crippen LogP contribution is 2.35. The molecule has 4 heteroatoms. The number of rotatable bonds is 1. The first-order chi connectivity index (χ1) is 7.58. The average Bonchev–Trinajstić information content (AvgIpc) is 2.26. The van der Waals surface area contributed by atoms with Gasteiger partial charge in [0.05, 0.1) is 15.1 Å². The minimum Gasteiger partial charge on any atom is -0.143 e. The zero-order chi connectivity index (χ0) is 11.7. The third kappa shape index (κ3) is 2.49. The number of halogens is 3. The molecule has 16 heavy (non-hydrogen) atoms. The van der Waals surface area contributed by atoms with Crippen LogP contribution in [0.4, 0.5) is 0 Å². The highest BCUT2D eigenvalue weighted by atomic mass is 35.5. The molecule has 2 aromatic rings. The highest BCUT2D eigenvalue weighted by molar-refractivity contribution is 7.80. The van der Waals surface area contributed by atoms with Crippen molar-refractivity contribution in [1.82, 2.24) is 0 Å². The zero-order valence-electron chi connectivity index (χ0n) is 8.05. The van der Waals surface area contributed by atoms with Crippen molar-refractivity contribution in [3.05, 3.63) is 51.5 Å². The lowest BCUT2D eigenvalue weighted by Gasteiger charge is -2.05. The fourth-order valence-electron chi connectivity index (χ4n) is 1.38. The largest absolute Gasteiger partial charge is 0.143 e. The van der Waals surface area contributed by atoms with Crippen molar-refractivity contribution < 1.29 is 0 Å². The molecule has 82 valence electrons. The Kier molecular flexibility index (Phi) is 3.70. The SMILES string of the molecule is Sc1ccc(-c2cc(Cl)c(Cl)c(Cl)c2)cc1. The zero-order valence-corrected chi connectivity index (χ0v) is 11.2. The first-order valence-electron chi connectivity index (χ1n) is 4.52. The third-order valence-electron chi connectivity index (χ3n) is 2.18. The Hall–Kier alpha value is -0.340. The van der Waals surface area contributed by atoms with Crippen LogP contribution < -0.4 is 0 Å². The summed E-state index contributed by atoms with van der Waals surface area (Å²) in [6.45, 7) is 0. The summed E-state index contributed by atoms with van der Waals surface area (Å²) in [6.07, 6.45) is 0. The molecule has 0 N–H and O–H groups in total. The highest BCUT2D eigenvalue weighted by Gasteiger charge is 2.07. The van der Waals surface area contributed by atoms with E-state index < -0.39 is 0 Å². The summed E-state index contributed by atoms with van der Waals surface area (Å²) >= 11 is 22.1. The maximum atomic E-state index is 5.97. The molecule has 0 aliphatic rings. The predicted octanol–water partition coefficient (Wildman–Crippen LogP) is 5.60. The Morgan fingerprint density at radius 3 is 1.75 bits per heavy atom. The van der Waals surface area contributed by atoms with Gasteiger partial charge < -0.3 is 0 Å². The molecule has 0 saturated carbocycles. The van der Waals surface area contributed by atoms with Gasteiger partial charge in [0.2, 0.25) is 0 Å². The van der Waals surface area contributed by atoms with Crippen LogP contribution in [0.25, 0.3) is 11.1 Å². The fourth-order valence-corrected chi connectivity index (χ4v) is 2.12. The quantitative estimate of drug-likeness (QED) is 0.512. The minimum atomic E-state index is 0.387. The van der Waals surface area contributed by atoms with Gasteiger partial charge in [0, 0.05) is 4.90 Å². The van der Waals surface area contributed by atoms with E-state index in [0.29, 0.717) is 15.1 Å². The molecule has 0 heterocycles. The standard InChI is InChI=1S/C12H7Cl3S/c13-10-5-8(6-11(14)12(10)15)7-1-3-9(16)4-2-7/h1-6,16H. The number of hydrogen-bond acceptors (Lipinski definition) is 1. The molecule has 0 nitrogen and oxygen atoms in total. The van der Waals surface area contributed by atoms with Crippen LogP contribution in [0.1, 0.15) is 0 Å². The van der Waals surface area contributed by atoms with E-state index in [1.165, 1.54) is 0 Å². The summed E-state index contributed by atoms with van der Waals surface area (Å²) in [6, 6.07) is 11.3. The molecule has 0 aromatic heterocycles. The summed E-state index contributed by atoms with van der Waals surface area (Å²) in [5.41, 5.74) is 1.96. The fraction of sp³-hybridized carbons (Fsp3) is 0. The van der Waals surface area contributed by atoms with E-state index in [2.05, 4.69) is 12.6 Å². The molecule has 0 amide bonds. The van der Waals surface area contributed by atoms with Crippen molar-refractivity contribution in [1.29, 1.82) is 0 Å². The second-order valence-electron chi connectivity index (χ2n) is 3.30. The van der Waals surface area contributed by atoms with E-state index in [9.17, 15) is 0 Å². The summed E-state index contributed by atoms with van der Waals surface area (Å²) < 4.78 is 0. The second kappa shape index (κ2) is 4.89. The van der Waals surface area contributed by atoms with Gasteiger partial charge in [-0.3, -0.25) is 0 Å². The Balaban J connectivity index is 2.52. The molecule has 0 spiro atoms. The lowest BCUT2D eigenvalue weighted by molar-refractivity contribution is 1.47. The Morgan fingerprint density at radius 2 is 1.25 bits per heavy atom. The van der Waals surface area contributed by atoms with Crippen LogP contribution in [0.3, 0.4) is 0 Å². The maximum Gasteiger partial charge on any atom is 0.0778 e. The van der Waals surface area contributed by atoms with E-state index in [4.69, 9.17) is 34.8 Å². The van der Waals surface area contributed by atoms with Gasteiger partial charge in [-0.2, -0.15) is 0 Å². The maximum absolute atomic E-state index is 5.97. The van der Waals surface area contributed by atoms with Crippen LogP contribution >= 0.6 is 47.4 Å². The predicted molar refractivity (Wildman–Crippen MR) is 74.2 cm³/mol. The summed E-state index contributed by atoms with van der Waals surface area (Å²) in [7, 11) is 0. The average molecular weight is 290 g/mol. The van der Waals surface area contributed by atoms with Crippen LogP contribution in [-0.2, 0) is 0 Å².